The fourth-order valence-corrected chi connectivity index (χ4v) is 2.86. The van der Waals surface area contributed by atoms with Crippen LogP contribution >= 0.6 is 11.6 Å². The SMILES string of the molecule is Cc1onc(-c2c(F)cccc2Cl)c1C(=O)Oc1ccc2c(c1)OCO2. The number of ether oxygens (including phenoxy) is 3. The molecule has 8 heteroatoms. The van der Waals surface area contributed by atoms with Crippen LogP contribution in [0.25, 0.3) is 11.3 Å². The monoisotopic (exact) mass is 375 g/mol. The van der Waals surface area contributed by atoms with Gasteiger partial charge >= 0.3 is 5.97 Å². The molecule has 2 aromatic carbocycles. The Morgan fingerprint density at radius 3 is 2.85 bits per heavy atom. The number of carbonyl (C=O) groups is 1. The molecule has 0 aliphatic carbocycles. The standard InChI is InChI=1S/C18H11ClFNO5/c1-9-15(17(21-26-9)16-11(19)3-2-4-12(16)20)18(22)25-10-5-6-13-14(7-10)24-8-23-13/h2-7H,8H2,1H3. The van der Waals surface area contributed by atoms with Crippen molar-refractivity contribution < 1.29 is 27.9 Å². The Morgan fingerprint density at radius 1 is 1.23 bits per heavy atom. The van der Waals surface area contributed by atoms with E-state index < -0.39 is 11.8 Å². The number of aryl methyl sites for hydroxylation is 1. The minimum atomic E-state index is -0.753. The highest BCUT2D eigenvalue weighted by atomic mass is 35.5. The smallest absolute Gasteiger partial charge is 0.349 e. The fraction of sp³-hybridized carbons (Fsp3) is 0.111. The van der Waals surface area contributed by atoms with Gasteiger partial charge < -0.3 is 18.7 Å². The van der Waals surface area contributed by atoms with Gasteiger partial charge in [-0.3, -0.25) is 0 Å². The second kappa shape index (κ2) is 6.34. The predicted octanol–water partition coefficient (Wildman–Crippen LogP) is 4.39. The van der Waals surface area contributed by atoms with Gasteiger partial charge in [0, 0.05) is 6.07 Å². The zero-order chi connectivity index (χ0) is 18.3. The Labute approximate surface area is 152 Å². The number of esters is 1. The van der Waals surface area contributed by atoms with Crippen LogP contribution in [0.1, 0.15) is 16.1 Å². The second-order valence-electron chi connectivity index (χ2n) is 5.46. The molecule has 0 saturated heterocycles. The van der Waals surface area contributed by atoms with E-state index in [2.05, 4.69) is 5.16 Å². The molecule has 0 amide bonds. The molecule has 0 atom stereocenters. The summed E-state index contributed by atoms with van der Waals surface area (Å²) in [6.45, 7) is 1.63. The molecule has 3 aromatic rings. The number of halogens is 2. The molecule has 1 aliphatic heterocycles. The lowest BCUT2D eigenvalue weighted by Gasteiger charge is -2.07. The molecule has 2 heterocycles. The molecule has 132 valence electrons. The van der Waals surface area contributed by atoms with E-state index in [1.165, 1.54) is 31.2 Å². The minimum absolute atomic E-state index is 0.00494. The fourth-order valence-electron chi connectivity index (χ4n) is 2.61. The van der Waals surface area contributed by atoms with E-state index >= 15 is 0 Å². The zero-order valence-electron chi connectivity index (χ0n) is 13.4. The Hall–Kier alpha value is -3.06. The number of aromatic nitrogens is 1. The summed E-state index contributed by atoms with van der Waals surface area (Å²) in [5.74, 6) is 0.0786. The van der Waals surface area contributed by atoms with E-state index in [4.69, 9.17) is 30.3 Å². The van der Waals surface area contributed by atoms with Gasteiger partial charge in [0.15, 0.2) is 11.5 Å². The predicted molar refractivity (Wildman–Crippen MR) is 89.2 cm³/mol. The van der Waals surface area contributed by atoms with Crippen molar-refractivity contribution in [1.82, 2.24) is 5.16 Å². The van der Waals surface area contributed by atoms with Crippen molar-refractivity contribution in [3.05, 3.63) is 58.6 Å². The van der Waals surface area contributed by atoms with Crippen molar-refractivity contribution in [2.45, 2.75) is 6.92 Å². The first-order valence-corrected chi connectivity index (χ1v) is 7.95. The van der Waals surface area contributed by atoms with E-state index in [1.54, 1.807) is 12.1 Å². The number of nitrogens with zero attached hydrogens (tertiary/aromatic N) is 1. The third-order valence-corrected chi connectivity index (χ3v) is 4.14. The van der Waals surface area contributed by atoms with Gasteiger partial charge in [-0.25, -0.2) is 9.18 Å². The Morgan fingerprint density at radius 2 is 2.04 bits per heavy atom. The molecule has 26 heavy (non-hydrogen) atoms. The minimum Gasteiger partial charge on any atom is -0.454 e. The van der Waals surface area contributed by atoms with Crippen molar-refractivity contribution in [1.29, 1.82) is 0 Å². The van der Waals surface area contributed by atoms with Crippen molar-refractivity contribution >= 4 is 17.6 Å². The van der Waals surface area contributed by atoms with E-state index in [0.717, 1.165) is 0 Å². The summed E-state index contributed by atoms with van der Waals surface area (Å²) >= 11 is 6.07. The molecule has 4 rings (SSSR count). The number of rotatable bonds is 3. The van der Waals surface area contributed by atoms with Crippen LogP contribution in [0, 0.1) is 12.7 Å². The molecular formula is C18H11ClFNO5. The van der Waals surface area contributed by atoms with E-state index in [9.17, 15) is 9.18 Å². The van der Waals surface area contributed by atoms with Crippen LogP contribution in [0.4, 0.5) is 4.39 Å². The molecule has 0 saturated carbocycles. The molecule has 0 unspecified atom stereocenters. The molecular weight excluding hydrogens is 365 g/mol. The van der Waals surface area contributed by atoms with Gasteiger partial charge in [0.25, 0.3) is 0 Å². The van der Waals surface area contributed by atoms with Gasteiger partial charge in [-0.15, -0.1) is 0 Å². The van der Waals surface area contributed by atoms with E-state index in [-0.39, 0.29) is 40.1 Å². The Balaban J connectivity index is 1.70. The lowest BCUT2D eigenvalue weighted by atomic mass is 10.1. The highest BCUT2D eigenvalue weighted by Crippen LogP contribution is 2.37. The molecule has 6 nitrogen and oxygen atoms in total. The molecule has 0 bridgehead atoms. The summed E-state index contributed by atoms with van der Waals surface area (Å²) in [6.07, 6.45) is 0. The Bertz CT molecular complexity index is 997. The maximum Gasteiger partial charge on any atom is 0.349 e. The van der Waals surface area contributed by atoms with Crippen LogP contribution in [-0.2, 0) is 0 Å². The number of hydrogen-bond acceptors (Lipinski definition) is 6. The van der Waals surface area contributed by atoms with Gasteiger partial charge in [0.2, 0.25) is 6.79 Å². The van der Waals surface area contributed by atoms with Gasteiger partial charge in [-0.1, -0.05) is 22.8 Å². The molecule has 1 aliphatic rings. The topological polar surface area (TPSA) is 70.8 Å². The zero-order valence-corrected chi connectivity index (χ0v) is 14.2. The first-order chi connectivity index (χ1) is 12.5. The highest BCUT2D eigenvalue weighted by molar-refractivity contribution is 6.33. The molecule has 0 radical (unpaired) electrons. The van der Waals surface area contributed by atoms with Crippen LogP contribution in [0.3, 0.4) is 0 Å². The molecule has 0 N–H and O–H groups in total. The molecule has 1 aromatic heterocycles. The van der Waals surface area contributed by atoms with Crippen molar-refractivity contribution in [2.75, 3.05) is 6.79 Å². The lowest BCUT2D eigenvalue weighted by molar-refractivity contribution is 0.0733. The van der Waals surface area contributed by atoms with Gasteiger partial charge in [0.1, 0.15) is 28.6 Å². The number of hydrogen-bond donors (Lipinski definition) is 0. The summed E-state index contributed by atoms with van der Waals surface area (Å²) in [7, 11) is 0. The average molecular weight is 376 g/mol. The van der Waals surface area contributed by atoms with Crippen LogP contribution in [0.5, 0.6) is 17.2 Å². The third-order valence-electron chi connectivity index (χ3n) is 3.82. The first-order valence-electron chi connectivity index (χ1n) is 7.57. The normalized spacial score (nSPS) is 12.3. The summed E-state index contributed by atoms with van der Waals surface area (Å²) in [6, 6.07) is 8.89. The van der Waals surface area contributed by atoms with Gasteiger partial charge in [-0.2, -0.15) is 0 Å². The van der Waals surface area contributed by atoms with Crippen molar-refractivity contribution in [2.24, 2.45) is 0 Å². The second-order valence-corrected chi connectivity index (χ2v) is 5.87. The van der Waals surface area contributed by atoms with Crippen LogP contribution in [-0.4, -0.2) is 17.9 Å². The summed E-state index contributed by atoms with van der Waals surface area (Å²) in [5.41, 5.74) is -0.0466. The third kappa shape index (κ3) is 2.76. The first kappa shape index (κ1) is 16.4. The van der Waals surface area contributed by atoms with Crippen molar-refractivity contribution in [3.63, 3.8) is 0 Å². The van der Waals surface area contributed by atoms with Crippen molar-refractivity contribution in [3.8, 4) is 28.5 Å². The number of carbonyl (C=O) groups excluding carboxylic acids is 1. The maximum atomic E-state index is 14.2. The van der Waals surface area contributed by atoms with Gasteiger partial charge in [0.05, 0.1) is 10.6 Å². The molecule has 0 fully saturated rings. The highest BCUT2D eigenvalue weighted by Gasteiger charge is 2.27. The average Bonchev–Trinajstić information content (AvgIpc) is 3.21. The number of fused-ring (bicyclic) bond motifs is 1. The van der Waals surface area contributed by atoms with Crippen LogP contribution in [0.2, 0.25) is 5.02 Å². The van der Waals surface area contributed by atoms with E-state index in [1.807, 2.05) is 0 Å². The van der Waals surface area contributed by atoms with Crippen LogP contribution < -0.4 is 14.2 Å². The largest absolute Gasteiger partial charge is 0.454 e. The number of benzene rings is 2. The van der Waals surface area contributed by atoms with Crippen LogP contribution in [0.15, 0.2) is 40.9 Å². The summed E-state index contributed by atoms with van der Waals surface area (Å²) < 4.78 is 35.1. The maximum absolute atomic E-state index is 14.2. The Kier molecular flexibility index (Phi) is 4.00. The summed E-state index contributed by atoms with van der Waals surface area (Å²) in [4.78, 5) is 12.7. The molecule has 0 spiro atoms. The lowest BCUT2D eigenvalue weighted by Crippen LogP contribution is -2.10. The van der Waals surface area contributed by atoms with Gasteiger partial charge in [-0.05, 0) is 31.2 Å². The van der Waals surface area contributed by atoms with E-state index in [0.29, 0.717) is 11.5 Å². The quantitative estimate of drug-likeness (QED) is 0.499. The summed E-state index contributed by atoms with van der Waals surface area (Å²) in [5, 5.41) is 3.89.